The number of ether oxygens (including phenoxy) is 2. The second-order valence-electron chi connectivity index (χ2n) is 5.06. The van der Waals surface area contributed by atoms with Crippen LogP contribution in [0.2, 0.25) is 0 Å². The first-order valence-corrected chi connectivity index (χ1v) is 6.78. The topological polar surface area (TPSA) is 64.2 Å². The molecule has 0 aliphatic rings. The van der Waals surface area contributed by atoms with Crippen molar-refractivity contribution in [2.24, 2.45) is 7.05 Å². The lowest BCUT2D eigenvalue weighted by molar-refractivity contribution is 0.0601. The van der Waals surface area contributed by atoms with E-state index in [-0.39, 0.29) is 0 Å². The first-order chi connectivity index (χ1) is 10.4. The zero-order chi connectivity index (χ0) is 16.4. The summed E-state index contributed by atoms with van der Waals surface area (Å²) in [5, 5.41) is 9.21. The number of benzene rings is 1. The van der Waals surface area contributed by atoms with E-state index in [9.17, 15) is 10.1 Å². The third kappa shape index (κ3) is 2.44. The quantitative estimate of drug-likeness (QED) is 0.817. The summed E-state index contributed by atoms with van der Waals surface area (Å²) in [7, 11) is 4.76. The number of carbonyl (C=O) groups excluding carboxylic acids is 1. The highest BCUT2D eigenvalue weighted by atomic mass is 16.5. The van der Waals surface area contributed by atoms with Gasteiger partial charge in [0.15, 0.2) is 0 Å². The van der Waals surface area contributed by atoms with Gasteiger partial charge in [-0.25, -0.2) is 4.79 Å². The van der Waals surface area contributed by atoms with E-state index < -0.39 is 5.97 Å². The first-order valence-electron chi connectivity index (χ1n) is 6.78. The molecule has 22 heavy (non-hydrogen) atoms. The minimum atomic E-state index is -0.481. The Morgan fingerprint density at radius 2 is 1.91 bits per heavy atom. The van der Waals surface area contributed by atoms with Gasteiger partial charge in [-0.3, -0.25) is 0 Å². The SMILES string of the molecule is COC(=O)c1cc(C#N)c(OC)cc1-c1cc(C)c(C)n1C. The number of nitriles is 1. The Bertz CT molecular complexity index is 782. The third-order valence-corrected chi connectivity index (χ3v) is 3.93. The number of rotatable bonds is 3. The summed E-state index contributed by atoms with van der Waals surface area (Å²) in [4.78, 5) is 12.1. The van der Waals surface area contributed by atoms with Gasteiger partial charge in [0.1, 0.15) is 11.8 Å². The van der Waals surface area contributed by atoms with Crippen LogP contribution in [-0.4, -0.2) is 24.8 Å². The van der Waals surface area contributed by atoms with Crippen LogP contribution in [0.3, 0.4) is 0 Å². The second kappa shape index (κ2) is 5.94. The molecule has 0 bridgehead atoms. The van der Waals surface area contributed by atoms with Crippen molar-refractivity contribution in [3.05, 3.63) is 40.6 Å². The fourth-order valence-corrected chi connectivity index (χ4v) is 2.44. The van der Waals surface area contributed by atoms with Gasteiger partial charge in [-0.15, -0.1) is 0 Å². The van der Waals surface area contributed by atoms with Gasteiger partial charge in [-0.1, -0.05) is 0 Å². The Labute approximate surface area is 129 Å². The molecule has 0 N–H and O–H groups in total. The summed E-state index contributed by atoms with van der Waals surface area (Å²) in [6.45, 7) is 4.02. The van der Waals surface area contributed by atoms with Gasteiger partial charge in [0.25, 0.3) is 0 Å². The van der Waals surface area contributed by atoms with Gasteiger partial charge in [-0.05, 0) is 37.6 Å². The molecule has 114 valence electrons. The Morgan fingerprint density at radius 1 is 1.23 bits per heavy atom. The number of aryl methyl sites for hydroxylation is 1. The summed E-state index contributed by atoms with van der Waals surface area (Å²) >= 11 is 0. The van der Waals surface area contributed by atoms with Crippen molar-refractivity contribution in [3.63, 3.8) is 0 Å². The van der Waals surface area contributed by atoms with Crippen LogP contribution in [0.25, 0.3) is 11.3 Å². The second-order valence-corrected chi connectivity index (χ2v) is 5.06. The van der Waals surface area contributed by atoms with Crippen molar-refractivity contribution >= 4 is 5.97 Å². The van der Waals surface area contributed by atoms with Crippen LogP contribution >= 0.6 is 0 Å². The largest absolute Gasteiger partial charge is 0.495 e. The molecule has 5 nitrogen and oxygen atoms in total. The number of carbonyl (C=O) groups is 1. The monoisotopic (exact) mass is 298 g/mol. The smallest absolute Gasteiger partial charge is 0.338 e. The number of esters is 1. The van der Waals surface area contributed by atoms with E-state index in [0.717, 1.165) is 17.0 Å². The summed E-state index contributed by atoms with van der Waals surface area (Å²) < 4.78 is 12.1. The predicted octanol–water partition coefficient (Wildman–Crippen LogP) is 2.98. The van der Waals surface area contributed by atoms with Crippen molar-refractivity contribution in [2.75, 3.05) is 14.2 Å². The van der Waals surface area contributed by atoms with Crippen LogP contribution in [-0.2, 0) is 11.8 Å². The van der Waals surface area contributed by atoms with Gasteiger partial charge in [-0.2, -0.15) is 5.26 Å². The van der Waals surface area contributed by atoms with Crippen molar-refractivity contribution in [1.82, 2.24) is 4.57 Å². The third-order valence-electron chi connectivity index (χ3n) is 3.93. The molecule has 0 aliphatic carbocycles. The first kappa shape index (κ1) is 15.6. The maximum atomic E-state index is 12.1. The lowest BCUT2D eigenvalue weighted by Crippen LogP contribution is -2.07. The molecule has 0 radical (unpaired) electrons. The van der Waals surface area contributed by atoms with E-state index in [1.165, 1.54) is 20.3 Å². The Balaban J connectivity index is 2.80. The molecular weight excluding hydrogens is 280 g/mol. The normalized spacial score (nSPS) is 10.2. The van der Waals surface area contributed by atoms with Gasteiger partial charge >= 0.3 is 5.97 Å². The molecule has 0 fully saturated rings. The van der Waals surface area contributed by atoms with Crippen molar-refractivity contribution in [1.29, 1.82) is 5.26 Å². The highest BCUT2D eigenvalue weighted by Gasteiger charge is 2.20. The predicted molar refractivity (Wildman–Crippen MR) is 82.9 cm³/mol. The van der Waals surface area contributed by atoms with Crippen molar-refractivity contribution < 1.29 is 14.3 Å². The molecule has 0 saturated heterocycles. The molecule has 1 heterocycles. The number of hydrogen-bond donors (Lipinski definition) is 0. The van der Waals surface area contributed by atoms with E-state index in [1.54, 1.807) is 6.07 Å². The van der Waals surface area contributed by atoms with E-state index >= 15 is 0 Å². The van der Waals surface area contributed by atoms with Crippen molar-refractivity contribution in [3.8, 4) is 23.1 Å². The highest BCUT2D eigenvalue weighted by molar-refractivity contribution is 5.98. The number of nitrogens with zero attached hydrogens (tertiary/aromatic N) is 2. The van der Waals surface area contributed by atoms with Gasteiger partial charge in [0.05, 0.1) is 25.3 Å². The zero-order valence-corrected chi connectivity index (χ0v) is 13.4. The molecular formula is C17H18N2O3. The van der Waals surface area contributed by atoms with Crippen LogP contribution in [0.15, 0.2) is 18.2 Å². The molecule has 1 aromatic carbocycles. The van der Waals surface area contributed by atoms with Crippen LogP contribution < -0.4 is 4.74 Å². The highest BCUT2D eigenvalue weighted by Crippen LogP contribution is 2.33. The molecule has 0 spiro atoms. The van der Waals surface area contributed by atoms with E-state index in [2.05, 4.69) is 0 Å². The lowest BCUT2D eigenvalue weighted by Gasteiger charge is -2.13. The minimum absolute atomic E-state index is 0.300. The van der Waals surface area contributed by atoms with E-state index in [1.807, 2.05) is 37.6 Å². The molecule has 0 amide bonds. The van der Waals surface area contributed by atoms with Crippen molar-refractivity contribution in [2.45, 2.75) is 13.8 Å². The Kier molecular flexibility index (Phi) is 4.22. The van der Waals surface area contributed by atoms with Gasteiger partial charge in [0, 0.05) is 24.0 Å². The molecule has 2 rings (SSSR count). The molecule has 0 atom stereocenters. The minimum Gasteiger partial charge on any atom is -0.495 e. The standard InChI is InChI=1S/C17H18N2O3/c1-10-6-15(19(3)11(10)2)13-8-16(21-4)12(9-18)7-14(13)17(20)22-5/h6-8H,1-5H3. The van der Waals surface area contributed by atoms with Gasteiger partial charge < -0.3 is 14.0 Å². The summed E-state index contributed by atoms with van der Waals surface area (Å²) in [6.07, 6.45) is 0. The summed E-state index contributed by atoms with van der Waals surface area (Å²) in [5.74, 6) is -0.0488. The summed E-state index contributed by atoms with van der Waals surface area (Å²) in [6, 6.07) is 7.26. The number of aromatic nitrogens is 1. The molecule has 0 unspecified atom stereocenters. The van der Waals surface area contributed by atoms with Crippen LogP contribution in [0.5, 0.6) is 5.75 Å². The average molecular weight is 298 g/mol. The maximum absolute atomic E-state index is 12.1. The van der Waals surface area contributed by atoms with Crippen LogP contribution in [0.1, 0.15) is 27.2 Å². The summed E-state index contributed by atoms with van der Waals surface area (Å²) in [5.41, 5.74) is 4.43. The fourth-order valence-electron chi connectivity index (χ4n) is 2.44. The average Bonchev–Trinajstić information content (AvgIpc) is 2.80. The molecule has 5 heteroatoms. The zero-order valence-electron chi connectivity index (χ0n) is 13.4. The Morgan fingerprint density at radius 3 is 2.36 bits per heavy atom. The van der Waals surface area contributed by atoms with E-state index in [4.69, 9.17) is 9.47 Å². The molecule has 2 aromatic rings. The number of methoxy groups -OCH3 is 2. The maximum Gasteiger partial charge on any atom is 0.338 e. The molecule has 0 saturated carbocycles. The molecule has 1 aromatic heterocycles. The fraction of sp³-hybridized carbons (Fsp3) is 0.294. The number of hydrogen-bond acceptors (Lipinski definition) is 4. The van der Waals surface area contributed by atoms with Gasteiger partial charge in [0.2, 0.25) is 0 Å². The van der Waals surface area contributed by atoms with Crippen LogP contribution in [0.4, 0.5) is 0 Å². The lowest BCUT2D eigenvalue weighted by atomic mass is 10.00. The van der Waals surface area contributed by atoms with Crippen LogP contribution in [0, 0.1) is 25.2 Å². The molecule has 0 aliphatic heterocycles. The Hall–Kier alpha value is -2.74. The van der Waals surface area contributed by atoms with E-state index in [0.29, 0.717) is 22.4 Å².